The molecule has 0 aliphatic heterocycles. The number of allylic oxidation sites excluding steroid dienone is 4. The van der Waals surface area contributed by atoms with Crippen LogP contribution in [0.15, 0.2) is 23.8 Å². The van der Waals surface area contributed by atoms with Gasteiger partial charge < -0.3 is 0 Å². The molecule has 0 saturated carbocycles. The molecule has 3 heteroatoms. The molecule has 60 valence electrons. The maximum atomic E-state index is 10.5. The van der Waals surface area contributed by atoms with Gasteiger partial charge in [-0.15, -0.1) is 11.6 Å². The fourth-order valence-corrected chi connectivity index (χ4v) is 1.89. The number of alkyl halides is 1. The van der Waals surface area contributed by atoms with Gasteiger partial charge >= 0.3 is 0 Å². The lowest BCUT2D eigenvalue weighted by atomic mass is 9.95. The third-order valence-corrected chi connectivity index (χ3v) is 2.83. The molecule has 1 aliphatic carbocycles. The smallest absolute Gasteiger partial charge is 0.179 e. The molecule has 0 aromatic heterocycles. The average molecular weight is 189 g/mol. The Bertz CT molecular complexity index is 210. The van der Waals surface area contributed by atoms with Crippen LogP contribution in [0, 0.1) is 5.92 Å². The van der Waals surface area contributed by atoms with Crippen molar-refractivity contribution in [2.75, 3.05) is 0 Å². The quantitative estimate of drug-likeness (QED) is 0.480. The van der Waals surface area contributed by atoms with Crippen LogP contribution in [-0.2, 0) is 4.57 Å². The molecule has 2 atom stereocenters. The van der Waals surface area contributed by atoms with E-state index in [9.17, 15) is 4.57 Å². The molecule has 0 amide bonds. The maximum absolute atomic E-state index is 10.5. The van der Waals surface area contributed by atoms with E-state index in [-0.39, 0.29) is 13.6 Å². The van der Waals surface area contributed by atoms with Crippen LogP contribution < -0.4 is 0 Å². The minimum atomic E-state index is -0.338. The fourth-order valence-electron chi connectivity index (χ4n) is 1.14. The molecule has 0 bridgehead atoms. The van der Waals surface area contributed by atoms with E-state index < -0.39 is 0 Å². The molecule has 0 saturated heterocycles. The summed E-state index contributed by atoms with van der Waals surface area (Å²) in [4.78, 5) is 0. The van der Waals surface area contributed by atoms with Crippen LogP contribution in [0.5, 0.6) is 0 Å². The summed E-state index contributed by atoms with van der Waals surface area (Å²) in [6.45, 7) is 2.09. The van der Waals surface area contributed by atoms with E-state index >= 15 is 0 Å². The summed E-state index contributed by atoms with van der Waals surface area (Å²) in [5.41, 5.74) is 1.07. The highest BCUT2D eigenvalue weighted by molar-refractivity contribution is 7.28. The van der Waals surface area contributed by atoms with Crippen LogP contribution >= 0.6 is 20.1 Å². The zero-order valence-corrected chi connectivity index (χ0v) is 7.98. The number of hydrogen-bond donors (Lipinski definition) is 0. The molecular weight excluding hydrogens is 179 g/mol. The van der Waals surface area contributed by atoms with Crippen LogP contribution in [0.4, 0.5) is 0 Å². The Kier molecular flexibility index (Phi) is 3.29. The number of halogens is 1. The second kappa shape index (κ2) is 4.04. The van der Waals surface area contributed by atoms with Crippen molar-refractivity contribution in [1.82, 2.24) is 0 Å². The third-order valence-electron chi connectivity index (χ3n) is 1.85. The van der Waals surface area contributed by atoms with Gasteiger partial charge in [0.25, 0.3) is 0 Å². The average Bonchev–Trinajstić information content (AvgIpc) is 2.04. The Morgan fingerprint density at radius 2 is 2.55 bits per heavy atom. The summed E-state index contributed by atoms with van der Waals surface area (Å²) in [5.74, 6) is 0.434. The van der Waals surface area contributed by atoms with Crippen LogP contribution in [0.2, 0.25) is 0 Å². The minimum Gasteiger partial charge on any atom is -0.273 e. The van der Waals surface area contributed by atoms with Crippen molar-refractivity contribution in [3.8, 4) is 0 Å². The van der Waals surface area contributed by atoms with E-state index in [4.69, 9.17) is 11.6 Å². The maximum Gasteiger partial charge on any atom is 0.179 e. The second-order valence-electron chi connectivity index (χ2n) is 2.67. The molecule has 1 rings (SSSR count). The standard InChI is InChI=1S/C8H10ClOP/c1-6-4-2-3-5-7(6)8(9)11-10/h2-3,5-6,8H,4H2,1H3. The molecule has 0 heterocycles. The van der Waals surface area contributed by atoms with E-state index in [2.05, 4.69) is 13.0 Å². The lowest BCUT2D eigenvalue weighted by molar-refractivity contribution is 0.594. The van der Waals surface area contributed by atoms with Gasteiger partial charge in [-0.2, -0.15) is 0 Å². The van der Waals surface area contributed by atoms with E-state index in [1.807, 2.05) is 12.2 Å². The van der Waals surface area contributed by atoms with E-state index in [1.165, 1.54) is 0 Å². The Morgan fingerprint density at radius 3 is 3.09 bits per heavy atom. The van der Waals surface area contributed by atoms with Gasteiger partial charge in [-0.25, -0.2) is 0 Å². The molecule has 1 nitrogen and oxygen atoms in total. The zero-order valence-electron chi connectivity index (χ0n) is 6.33. The molecule has 0 aromatic rings. The molecule has 0 fully saturated rings. The first-order chi connectivity index (χ1) is 5.25. The van der Waals surface area contributed by atoms with Crippen molar-refractivity contribution >= 4 is 20.1 Å². The highest BCUT2D eigenvalue weighted by atomic mass is 35.5. The lowest BCUT2D eigenvalue weighted by Gasteiger charge is -2.17. The molecule has 11 heavy (non-hydrogen) atoms. The van der Waals surface area contributed by atoms with E-state index in [0.717, 1.165) is 12.0 Å². The molecule has 1 aliphatic rings. The van der Waals surface area contributed by atoms with Crippen molar-refractivity contribution in [1.29, 1.82) is 0 Å². The highest BCUT2D eigenvalue weighted by Gasteiger charge is 2.17. The predicted octanol–water partition coefficient (Wildman–Crippen LogP) is 3.37. The molecule has 0 N–H and O–H groups in total. The summed E-state index contributed by atoms with van der Waals surface area (Å²) in [6.07, 6.45) is 7.02. The van der Waals surface area contributed by atoms with Gasteiger partial charge in [0.2, 0.25) is 0 Å². The van der Waals surface area contributed by atoms with Gasteiger partial charge in [0.15, 0.2) is 8.46 Å². The summed E-state index contributed by atoms with van der Waals surface area (Å²) >= 11 is 5.81. The lowest BCUT2D eigenvalue weighted by Crippen LogP contribution is -2.07. The van der Waals surface area contributed by atoms with Crippen molar-refractivity contribution < 1.29 is 4.57 Å². The SMILES string of the molecule is CC1CC=CC=C1C(Cl)P=O. The van der Waals surface area contributed by atoms with Gasteiger partial charge in [-0.3, -0.25) is 4.57 Å². The van der Waals surface area contributed by atoms with Crippen LogP contribution in [0.25, 0.3) is 0 Å². The van der Waals surface area contributed by atoms with Crippen molar-refractivity contribution in [2.45, 2.75) is 18.5 Å². The van der Waals surface area contributed by atoms with Crippen LogP contribution in [-0.4, -0.2) is 5.12 Å². The minimum absolute atomic E-state index is 0.00497. The summed E-state index contributed by atoms with van der Waals surface area (Å²) in [6, 6.07) is 0. The Hall–Kier alpha value is -0.130. The predicted molar refractivity (Wildman–Crippen MR) is 48.3 cm³/mol. The monoisotopic (exact) mass is 188 g/mol. The fraction of sp³-hybridized carbons (Fsp3) is 0.500. The summed E-state index contributed by atoms with van der Waals surface area (Å²) < 4.78 is 10.5. The first-order valence-electron chi connectivity index (χ1n) is 3.59. The van der Waals surface area contributed by atoms with E-state index in [0.29, 0.717) is 5.92 Å². The van der Waals surface area contributed by atoms with Gasteiger partial charge in [-0.1, -0.05) is 25.2 Å². The first-order valence-corrected chi connectivity index (χ1v) is 4.90. The topological polar surface area (TPSA) is 17.1 Å². The second-order valence-corrected chi connectivity index (χ2v) is 4.14. The largest absolute Gasteiger partial charge is 0.273 e. The van der Waals surface area contributed by atoms with Crippen molar-refractivity contribution in [2.24, 2.45) is 5.92 Å². The molecular formula is C8H10ClOP. The van der Waals surface area contributed by atoms with E-state index in [1.54, 1.807) is 0 Å². The summed E-state index contributed by atoms with van der Waals surface area (Å²) in [5, 5.41) is -0.338. The Balaban J connectivity index is 2.74. The normalized spacial score (nSPS) is 26.7. The highest BCUT2D eigenvalue weighted by Crippen LogP contribution is 2.31. The van der Waals surface area contributed by atoms with Gasteiger partial charge in [0.1, 0.15) is 5.12 Å². The van der Waals surface area contributed by atoms with Crippen molar-refractivity contribution in [3.63, 3.8) is 0 Å². The number of rotatable bonds is 2. The van der Waals surface area contributed by atoms with Gasteiger partial charge in [0, 0.05) is 0 Å². The van der Waals surface area contributed by atoms with Crippen LogP contribution in [0.1, 0.15) is 13.3 Å². The molecule has 2 unspecified atom stereocenters. The van der Waals surface area contributed by atoms with Gasteiger partial charge in [0.05, 0.1) is 0 Å². The van der Waals surface area contributed by atoms with Gasteiger partial charge in [-0.05, 0) is 17.9 Å². The third kappa shape index (κ3) is 2.15. The van der Waals surface area contributed by atoms with Crippen molar-refractivity contribution in [3.05, 3.63) is 23.8 Å². The molecule has 0 radical (unpaired) electrons. The number of hydrogen-bond acceptors (Lipinski definition) is 1. The summed E-state index contributed by atoms with van der Waals surface area (Å²) in [7, 11) is 0.00497. The Morgan fingerprint density at radius 1 is 1.82 bits per heavy atom. The zero-order chi connectivity index (χ0) is 8.27. The molecule has 0 spiro atoms. The first kappa shape index (κ1) is 8.96. The van der Waals surface area contributed by atoms with Crippen LogP contribution in [0.3, 0.4) is 0 Å². The molecule has 0 aromatic carbocycles. The Labute approximate surface area is 73.3 Å².